The zero-order valence-corrected chi connectivity index (χ0v) is 14.1. The maximum absolute atomic E-state index is 12.5. The van der Waals surface area contributed by atoms with Crippen molar-refractivity contribution in [2.24, 2.45) is 0 Å². The zero-order chi connectivity index (χ0) is 18.6. The quantitative estimate of drug-likeness (QED) is 0.650. The third-order valence-electron chi connectivity index (χ3n) is 4.30. The molecule has 0 spiro atoms. The Labute approximate surface area is 149 Å². The number of amides is 1. The first-order chi connectivity index (χ1) is 12.4. The predicted molar refractivity (Wildman–Crippen MR) is 94.5 cm³/mol. The van der Waals surface area contributed by atoms with E-state index in [1.165, 1.54) is 17.7 Å². The van der Waals surface area contributed by atoms with Crippen LogP contribution >= 0.6 is 0 Å². The van der Waals surface area contributed by atoms with Crippen molar-refractivity contribution in [3.63, 3.8) is 0 Å². The molecule has 0 atom stereocenters. The van der Waals surface area contributed by atoms with Crippen LogP contribution in [-0.2, 0) is 23.9 Å². The van der Waals surface area contributed by atoms with Gasteiger partial charge in [0.1, 0.15) is 0 Å². The maximum Gasteiger partial charge on any atom is 0.416 e. The van der Waals surface area contributed by atoms with Crippen molar-refractivity contribution in [1.29, 1.82) is 0 Å². The minimum absolute atomic E-state index is 0.107. The Kier molecular flexibility index (Phi) is 5.30. The molecule has 0 aliphatic carbocycles. The summed E-state index contributed by atoms with van der Waals surface area (Å²) >= 11 is 0. The van der Waals surface area contributed by atoms with Crippen molar-refractivity contribution < 1.29 is 18.0 Å². The van der Waals surface area contributed by atoms with E-state index in [4.69, 9.17) is 0 Å². The van der Waals surface area contributed by atoms with E-state index in [1.54, 1.807) is 0 Å². The van der Waals surface area contributed by atoms with Crippen molar-refractivity contribution in [2.75, 3.05) is 0 Å². The van der Waals surface area contributed by atoms with E-state index >= 15 is 0 Å². The van der Waals surface area contributed by atoms with Gasteiger partial charge in [0.05, 0.1) is 5.56 Å². The number of benzene rings is 2. The number of nitrogens with one attached hydrogen (secondary N) is 2. The molecule has 1 aromatic heterocycles. The monoisotopic (exact) mass is 360 g/mol. The number of halogens is 3. The van der Waals surface area contributed by atoms with Crippen LogP contribution in [0.4, 0.5) is 13.2 Å². The molecular formula is C20H19F3N2O. The van der Waals surface area contributed by atoms with Crippen LogP contribution in [0.5, 0.6) is 0 Å². The summed E-state index contributed by atoms with van der Waals surface area (Å²) in [6, 6.07) is 12.8. The van der Waals surface area contributed by atoms with Gasteiger partial charge >= 0.3 is 6.18 Å². The number of fused-ring (bicyclic) bond motifs is 1. The predicted octanol–water partition coefficient (Wildman–Crippen LogP) is 4.83. The van der Waals surface area contributed by atoms with E-state index < -0.39 is 11.7 Å². The summed E-state index contributed by atoms with van der Waals surface area (Å²) in [5.74, 6) is -0.107. The first-order valence-corrected chi connectivity index (χ1v) is 8.41. The van der Waals surface area contributed by atoms with Crippen molar-refractivity contribution in [3.05, 3.63) is 71.4 Å². The van der Waals surface area contributed by atoms with Gasteiger partial charge in [0, 0.05) is 30.1 Å². The number of carbonyl (C=O) groups is 1. The lowest BCUT2D eigenvalue weighted by molar-refractivity contribution is -0.137. The first kappa shape index (κ1) is 18.0. The molecule has 6 heteroatoms. The summed E-state index contributed by atoms with van der Waals surface area (Å²) < 4.78 is 37.5. The van der Waals surface area contributed by atoms with Gasteiger partial charge in [-0.25, -0.2) is 0 Å². The fourth-order valence-corrected chi connectivity index (χ4v) is 2.88. The zero-order valence-electron chi connectivity index (χ0n) is 14.1. The minimum atomic E-state index is -4.34. The number of hydrogen-bond donors (Lipinski definition) is 2. The molecule has 2 aromatic carbocycles. The van der Waals surface area contributed by atoms with Crippen molar-refractivity contribution >= 4 is 16.8 Å². The smallest absolute Gasteiger partial charge is 0.361 e. The molecule has 3 nitrogen and oxygen atoms in total. The Morgan fingerprint density at radius 3 is 2.50 bits per heavy atom. The average molecular weight is 360 g/mol. The summed E-state index contributed by atoms with van der Waals surface area (Å²) in [5, 5.41) is 3.91. The number of aromatic amines is 1. The molecule has 2 N–H and O–H groups in total. The highest BCUT2D eigenvalue weighted by molar-refractivity contribution is 5.83. The molecule has 3 rings (SSSR count). The van der Waals surface area contributed by atoms with Crippen LogP contribution in [0.3, 0.4) is 0 Å². The van der Waals surface area contributed by atoms with Crippen molar-refractivity contribution in [1.82, 2.24) is 10.3 Å². The van der Waals surface area contributed by atoms with Gasteiger partial charge in [0.2, 0.25) is 5.91 Å². The topological polar surface area (TPSA) is 44.9 Å². The summed E-state index contributed by atoms with van der Waals surface area (Å²) in [6.07, 6.45) is -0.506. The lowest BCUT2D eigenvalue weighted by atomic mass is 10.1. The first-order valence-electron chi connectivity index (χ1n) is 8.41. The van der Waals surface area contributed by atoms with Crippen LogP contribution in [0.25, 0.3) is 10.9 Å². The molecule has 1 heterocycles. The molecule has 0 radical (unpaired) electrons. The van der Waals surface area contributed by atoms with Crippen molar-refractivity contribution in [2.45, 2.75) is 32.0 Å². The van der Waals surface area contributed by atoms with Crippen LogP contribution in [0.15, 0.2) is 54.7 Å². The van der Waals surface area contributed by atoms with Crippen LogP contribution in [-0.4, -0.2) is 10.9 Å². The Morgan fingerprint density at radius 2 is 1.77 bits per heavy atom. The lowest BCUT2D eigenvalue weighted by Gasteiger charge is -2.08. The standard InChI is InChI=1S/C20H19F3N2O/c21-20(22,23)16-10-8-14(9-11-16)12-25-19(26)7-3-4-15-13-24-18-6-2-1-5-17(15)18/h1-2,5-6,8-11,13,24H,3-4,7,12H2,(H,25,26). The van der Waals surface area contributed by atoms with Gasteiger partial charge in [-0.1, -0.05) is 30.3 Å². The highest BCUT2D eigenvalue weighted by Gasteiger charge is 2.29. The fourth-order valence-electron chi connectivity index (χ4n) is 2.88. The Hall–Kier alpha value is -2.76. The number of H-pyrrole nitrogens is 1. The summed E-state index contributed by atoms with van der Waals surface area (Å²) in [5.41, 5.74) is 2.21. The Bertz CT molecular complexity index is 882. The number of aryl methyl sites for hydroxylation is 1. The normalized spacial score (nSPS) is 11.7. The summed E-state index contributed by atoms with van der Waals surface area (Å²) in [7, 11) is 0. The van der Waals surface area contributed by atoms with Gasteiger partial charge in [0.15, 0.2) is 0 Å². The average Bonchev–Trinajstić information content (AvgIpc) is 3.03. The minimum Gasteiger partial charge on any atom is -0.361 e. The second-order valence-corrected chi connectivity index (χ2v) is 6.18. The molecule has 0 bridgehead atoms. The number of rotatable bonds is 6. The highest BCUT2D eigenvalue weighted by atomic mass is 19.4. The summed E-state index contributed by atoms with van der Waals surface area (Å²) in [4.78, 5) is 15.1. The Morgan fingerprint density at radius 1 is 1.04 bits per heavy atom. The molecule has 0 unspecified atom stereocenters. The maximum atomic E-state index is 12.5. The number of carbonyl (C=O) groups excluding carboxylic acids is 1. The van der Waals surface area contributed by atoms with E-state index in [1.807, 2.05) is 30.5 Å². The molecule has 0 aliphatic heterocycles. The van der Waals surface area contributed by atoms with Gasteiger partial charge in [-0.3, -0.25) is 4.79 Å². The van der Waals surface area contributed by atoms with E-state index in [0.29, 0.717) is 18.4 Å². The molecule has 0 fully saturated rings. The second-order valence-electron chi connectivity index (χ2n) is 6.18. The van der Waals surface area contributed by atoms with E-state index in [9.17, 15) is 18.0 Å². The van der Waals surface area contributed by atoms with Gasteiger partial charge in [-0.2, -0.15) is 13.2 Å². The molecule has 1 amide bonds. The number of para-hydroxylation sites is 1. The molecule has 26 heavy (non-hydrogen) atoms. The lowest BCUT2D eigenvalue weighted by Crippen LogP contribution is -2.22. The van der Waals surface area contributed by atoms with Crippen LogP contribution in [0.2, 0.25) is 0 Å². The van der Waals surface area contributed by atoms with Gasteiger partial charge in [0.25, 0.3) is 0 Å². The third-order valence-corrected chi connectivity index (χ3v) is 4.30. The van der Waals surface area contributed by atoms with E-state index in [0.717, 1.165) is 29.5 Å². The van der Waals surface area contributed by atoms with Gasteiger partial charge < -0.3 is 10.3 Å². The number of hydrogen-bond acceptors (Lipinski definition) is 1. The Balaban J connectivity index is 1.44. The third kappa shape index (κ3) is 4.45. The van der Waals surface area contributed by atoms with Gasteiger partial charge in [-0.15, -0.1) is 0 Å². The van der Waals surface area contributed by atoms with Crippen LogP contribution in [0.1, 0.15) is 29.5 Å². The second kappa shape index (κ2) is 7.64. The molecule has 136 valence electrons. The van der Waals surface area contributed by atoms with Gasteiger partial charge in [-0.05, 0) is 42.2 Å². The molecule has 0 saturated carbocycles. The largest absolute Gasteiger partial charge is 0.416 e. The highest BCUT2D eigenvalue weighted by Crippen LogP contribution is 2.29. The molecule has 0 aliphatic rings. The summed E-state index contributed by atoms with van der Waals surface area (Å²) in [6.45, 7) is 0.226. The van der Waals surface area contributed by atoms with Crippen LogP contribution in [0, 0.1) is 0 Å². The van der Waals surface area contributed by atoms with Crippen molar-refractivity contribution in [3.8, 4) is 0 Å². The van der Waals surface area contributed by atoms with E-state index in [-0.39, 0.29) is 12.5 Å². The molecule has 0 saturated heterocycles. The molecular weight excluding hydrogens is 341 g/mol. The SMILES string of the molecule is O=C(CCCc1c[nH]c2ccccc12)NCc1ccc(C(F)(F)F)cc1. The molecule has 3 aromatic rings. The van der Waals surface area contributed by atoms with E-state index in [2.05, 4.69) is 10.3 Å². The number of aromatic nitrogens is 1. The van der Waals surface area contributed by atoms with Crippen LogP contribution < -0.4 is 5.32 Å². The fraction of sp³-hybridized carbons (Fsp3) is 0.250. The number of alkyl halides is 3.